The van der Waals surface area contributed by atoms with E-state index >= 15 is 0 Å². The lowest BCUT2D eigenvalue weighted by molar-refractivity contribution is -0.136. The summed E-state index contributed by atoms with van der Waals surface area (Å²) in [7, 11) is 0. The molecular weight excluding hydrogens is 350 g/mol. The van der Waals surface area contributed by atoms with E-state index in [1.54, 1.807) is 0 Å². The normalized spacial score (nSPS) is 19.1. The fourth-order valence-electron chi connectivity index (χ4n) is 3.57. The number of halogens is 1. The first-order valence-corrected chi connectivity index (χ1v) is 9.49. The van der Waals surface area contributed by atoms with Gasteiger partial charge in [0.2, 0.25) is 11.8 Å². The summed E-state index contributed by atoms with van der Waals surface area (Å²) >= 11 is 6.44. The standard InChI is InChI=1S/C20H22ClN3O2/c21-16-5-2-1-4-15(16)20-17-6-3-11-23(17)12-13-24(20)19(26)10-9-18(25)22-14-7-8-14/h1-6,11,14,20H,7-10,12-13H2,(H,22,25)/t20-/m0/s1. The van der Waals surface area contributed by atoms with E-state index in [0.717, 1.165) is 30.6 Å². The number of benzene rings is 1. The van der Waals surface area contributed by atoms with Crippen LogP contribution in [0.25, 0.3) is 0 Å². The van der Waals surface area contributed by atoms with Crippen LogP contribution in [0.3, 0.4) is 0 Å². The zero-order valence-corrected chi connectivity index (χ0v) is 15.3. The smallest absolute Gasteiger partial charge is 0.223 e. The van der Waals surface area contributed by atoms with Crippen LogP contribution in [0, 0.1) is 0 Å². The topological polar surface area (TPSA) is 54.3 Å². The van der Waals surface area contributed by atoms with Crippen molar-refractivity contribution in [3.8, 4) is 0 Å². The number of hydrogen-bond acceptors (Lipinski definition) is 2. The molecule has 1 aromatic heterocycles. The minimum Gasteiger partial charge on any atom is -0.353 e. The van der Waals surface area contributed by atoms with Crippen LogP contribution in [0.1, 0.15) is 43.0 Å². The molecule has 1 N–H and O–H groups in total. The summed E-state index contributed by atoms with van der Waals surface area (Å²) in [6.07, 6.45) is 4.60. The number of carbonyl (C=O) groups is 2. The molecule has 1 aliphatic carbocycles. The highest BCUT2D eigenvalue weighted by atomic mass is 35.5. The van der Waals surface area contributed by atoms with Gasteiger partial charge in [-0.25, -0.2) is 0 Å². The first-order chi connectivity index (χ1) is 12.6. The molecule has 1 aromatic carbocycles. The highest BCUT2D eigenvalue weighted by Gasteiger charge is 2.33. The lowest BCUT2D eigenvalue weighted by Gasteiger charge is -2.37. The van der Waals surface area contributed by atoms with Gasteiger partial charge in [-0.1, -0.05) is 29.8 Å². The molecule has 0 unspecified atom stereocenters. The van der Waals surface area contributed by atoms with Crippen molar-refractivity contribution >= 4 is 23.4 Å². The Labute approximate surface area is 157 Å². The molecule has 1 saturated carbocycles. The average molecular weight is 372 g/mol. The van der Waals surface area contributed by atoms with Crippen molar-refractivity contribution in [2.24, 2.45) is 0 Å². The Bertz CT molecular complexity index is 828. The van der Waals surface area contributed by atoms with Crippen molar-refractivity contribution in [2.75, 3.05) is 6.54 Å². The van der Waals surface area contributed by atoms with Crippen molar-refractivity contribution in [1.82, 2.24) is 14.8 Å². The van der Waals surface area contributed by atoms with Gasteiger partial charge in [0.1, 0.15) is 0 Å². The van der Waals surface area contributed by atoms with Crippen LogP contribution >= 0.6 is 11.6 Å². The molecular formula is C20H22ClN3O2. The van der Waals surface area contributed by atoms with Crippen molar-refractivity contribution in [2.45, 2.75) is 44.3 Å². The molecule has 1 atom stereocenters. The summed E-state index contributed by atoms with van der Waals surface area (Å²) in [6, 6.07) is 11.8. The van der Waals surface area contributed by atoms with E-state index < -0.39 is 0 Å². The molecule has 2 heterocycles. The van der Waals surface area contributed by atoms with Crippen molar-refractivity contribution < 1.29 is 9.59 Å². The SMILES string of the molecule is O=C(CCC(=O)N1CCn2cccc2[C@@H]1c1ccccc1Cl)NC1CC1. The Morgan fingerprint density at radius 3 is 2.65 bits per heavy atom. The first kappa shape index (κ1) is 17.2. The second kappa shape index (κ2) is 7.16. The van der Waals surface area contributed by atoms with E-state index in [2.05, 4.69) is 9.88 Å². The predicted octanol–water partition coefficient (Wildman–Crippen LogP) is 3.13. The lowest BCUT2D eigenvalue weighted by Crippen LogP contribution is -2.42. The zero-order valence-electron chi connectivity index (χ0n) is 14.5. The zero-order chi connectivity index (χ0) is 18.1. The molecule has 2 aromatic rings. The van der Waals surface area contributed by atoms with E-state index in [9.17, 15) is 9.59 Å². The third kappa shape index (κ3) is 3.49. The Morgan fingerprint density at radius 2 is 1.88 bits per heavy atom. The third-order valence-corrected chi connectivity index (χ3v) is 5.41. The van der Waals surface area contributed by atoms with Gasteiger partial charge >= 0.3 is 0 Å². The lowest BCUT2D eigenvalue weighted by atomic mass is 9.99. The summed E-state index contributed by atoms with van der Waals surface area (Å²) in [4.78, 5) is 26.7. The molecule has 6 heteroatoms. The van der Waals surface area contributed by atoms with E-state index in [0.29, 0.717) is 17.6 Å². The number of carbonyl (C=O) groups excluding carboxylic acids is 2. The average Bonchev–Trinajstić information content (AvgIpc) is 3.31. The van der Waals surface area contributed by atoms with Gasteiger partial charge in [-0.3, -0.25) is 9.59 Å². The first-order valence-electron chi connectivity index (χ1n) is 9.12. The maximum atomic E-state index is 12.9. The van der Waals surface area contributed by atoms with Crippen LogP contribution in [0.15, 0.2) is 42.6 Å². The second-order valence-corrected chi connectivity index (χ2v) is 7.39. The maximum Gasteiger partial charge on any atom is 0.223 e. The Hall–Kier alpha value is -2.27. The minimum absolute atomic E-state index is 0.00619. The Kier molecular flexibility index (Phi) is 4.72. The Balaban J connectivity index is 1.54. The molecule has 4 rings (SSSR count). The van der Waals surface area contributed by atoms with Crippen LogP contribution in [0.2, 0.25) is 5.02 Å². The van der Waals surface area contributed by atoms with Gasteiger partial charge in [0.05, 0.1) is 6.04 Å². The summed E-state index contributed by atoms with van der Waals surface area (Å²) < 4.78 is 2.16. The molecule has 2 aliphatic rings. The predicted molar refractivity (Wildman–Crippen MR) is 99.8 cm³/mol. The van der Waals surface area contributed by atoms with E-state index in [1.807, 2.05) is 47.5 Å². The van der Waals surface area contributed by atoms with Crippen LogP contribution < -0.4 is 5.32 Å². The molecule has 5 nitrogen and oxygen atoms in total. The minimum atomic E-state index is -0.216. The number of rotatable bonds is 5. The molecule has 0 saturated heterocycles. The molecule has 0 bridgehead atoms. The van der Waals surface area contributed by atoms with Crippen LogP contribution in [-0.4, -0.2) is 33.9 Å². The van der Waals surface area contributed by atoms with Crippen LogP contribution in [0.5, 0.6) is 0 Å². The second-order valence-electron chi connectivity index (χ2n) is 6.98. The highest BCUT2D eigenvalue weighted by molar-refractivity contribution is 6.31. The van der Waals surface area contributed by atoms with E-state index in [4.69, 9.17) is 11.6 Å². The van der Waals surface area contributed by atoms with Crippen LogP contribution in [-0.2, 0) is 16.1 Å². The van der Waals surface area contributed by atoms with Crippen LogP contribution in [0.4, 0.5) is 0 Å². The molecule has 136 valence electrons. The number of nitrogens with one attached hydrogen (secondary N) is 1. The quantitative estimate of drug-likeness (QED) is 0.877. The molecule has 0 spiro atoms. The van der Waals surface area contributed by atoms with Crippen molar-refractivity contribution in [1.29, 1.82) is 0 Å². The van der Waals surface area contributed by atoms with E-state index in [-0.39, 0.29) is 30.7 Å². The van der Waals surface area contributed by atoms with Gasteiger partial charge < -0.3 is 14.8 Å². The number of hydrogen-bond donors (Lipinski definition) is 1. The molecule has 1 aliphatic heterocycles. The number of nitrogens with zero attached hydrogens (tertiary/aromatic N) is 2. The summed E-state index contributed by atoms with van der Waals surface area (Å²) in [5.41, 5.74) is 1.98. The Morgan fingerprint density at radius 1 is 1.08 bits per heavy atom. The van der Waals surface area contributed by atoms with Crippen molar-refractivity contribution in [3.63, 3.8) is 0 Å². The van der Waals surface area contributed by atoms with Gasteiger partial charge in [-0.15, -0.1) is 0 Å². The van der Waals surface area contributed by atoms with Gasteiger partial charge in [0, 0.05) is 48.9 Å². The molecule has 1 fully saturated rings. The number of amides is 2. The molecule has 26 heavy (non-hydrogen) atoms. The van der Waals surface area contributed by atoms with Gasteiger partial charge in [-0.05, 0) is 36.6 Å². The summed E-state index contributed by atoms with van der Waals surface area (Å²) in [5.74, 6) is -0.0381. The van der Waals surface area contributed by atoms with Gasteiger partial charge in [-0.2, -0.15) is 0 Å². The fourth-order valence-corrected chi connectivity index (χ4v) is 3.81. The summed E-state index contributed by atoms with van der Waals surface area (Å²) in [5, 5.41) is 3.59. The third-order valence-electron chi connectivity index (χ3n) is 5.07. The summed E-state index contributed by atoms with van der Waals surface area (Å²) in [6.45, 7) is 1.37. The monoisotopic (exact) mass is 371 g/mol. The number of aromatic nitrogens is 1. The highest BCUT2D eigenvalue weighted by Crippen LogP contribution is 2.36. The molecule has 2 amide bonds. The van der Waals surface area contributed by atoms with Crippen molar-refractivity contribution in [3.05, 3.63) is 58.9 Å². The largest absolute Gasteiger partial charge is 0.353 e. The molecule has 0 radical (unpaired) electrons. The van der Waals surface area contributed by atoms with E-state index in [1.165, 1.54) is 0 Å². The number of fused-ring (bicyclic) bond motifs is 1. The fraction of sp³-hybridized carbons (Fsp3) is 0.400. The van der Waals surface area contributed by atoms with Gasteiger partial charge in [0.15, 0.2) is 0 Å². The van der Waals surface area contributed by atoms with Gasteiger partial charge in [0.25, 0.3) is 0 Å². The maximum absolute atomic E-state index is 12.9.